The quantitative estimate of drug-likeness (QED) is 0.553. The lowest BCUT2D eigenvalue weighted by atomic mass is 9.69. The highest BCUT2D eigenvalue weighted by molar-refractivity contribution is 5.81. The third-order valence-corrected chi connectivity index (χ3v) is 4.03. The highest BCUT2D eigenvalue weighted by atomic mass is 16.7. The zero-order chi connectivity index (χ0) is 9.20. The van der Waals surface area contributed by atoms with Crippen molar-refractivity contribution in [1.82, 2.24) is 0 Å². The van der Waals surface area contributed by atoms with Gasteiger partial charge < -0.3 is 9.84 Å². The first kappa shape index (κ1) is 8.05. The van der Waals surface area contributed by atoms with Gasteiger partial charge >= 0.3 is 5.97 Å². The lowest BCUT2D eigenvalue weighted by molar-refractivity contribution is -0.216. The van der Waals surface area contributed by atoms with E-state index in [0.717, 1.165) is 6.42 Å². The highest BCUT2D eigenvalue weighted by Gasteiger charge is 2.72. The second-order valence-corrected chi connectivity index (χ2v) is 4.63. The van der Waals surface area contributed by atoms with E-state index in [1.54, 1.807) is 0 Å². The second kappa shape index (κ2) is 1.69. The van der Waals surface area contributed by atoms with Crippen LogP contribution < -0.4 is 0 Å². The van der Waals surface area contributed by atoms with Gasteiger partial charge in [0.15, 0.2) is 0 Å². The summed E-state index contributed by atoms with van der Waals surface area (Å²) < 4.78 is 4.98. The van der Waals surface area contributed by atoms with Crippen LogP contribution in [0.1, 0.15) is 33.6 Å². The number of fused-ring (bicyclic) bond motifs is 2. The lowest BCUT2D eigenvalue weighted by Gasteiger charge is -2.31. The van der Waals surface area contributed by atoms with E-state index in [2.05, 4.69) is 0 Å². The normalized spacial score (nSPS) is 49.5. The van der Waals surface area contributed by atoms with Crippen LogP contribution in [0.2, 0.25) is 0 Å². The van der Waals surface area contributed by atoms with E-state index in [4.69, 9.17) is 4.74 Å². The summed E-state index contributed by atoms with van der Waals surface area (Å²) in [7, 11) is 0. The largest absolute Gasteiger partial charge is 0.432 e. The standard InChI is InChI=1S/C9H14O3/c1-7(2)8(3)4-5-9(7,11)12-6(8)10/h11H,4-5H2,1-3H3. The summed E-state index contributed by atoms with van der Waals surface area (Å²) in [5.74, 6) is -1.46. The lowest BCUT2D eigenvalue weighted by Crippen LogP contribution is -2.40. The molecule has 0 aromatic carbocycles. The fourth-order valence-electron chi connectivity index (χ4n) is 2.28. The summed E-state index contributed by atoms with van der Waals surface area (Å²) in [6.07, 6.45) is 1.30. The van der Waals surface area contributed by atoms with Crippen LogP contribution in [0.15, 0.2) is 0 Å². The molecule has 1 N–H and O–H groups in total. The highest BCUT2D eigenvalue weighted by Crippen LogP contribution is 2.64. The molecule has 2 rings (SSSR count). The van der Waals surface area contributed by atoms with Crippen molar-refractivity contribution in [2.75, 3.05) is 0 Å². The van der Waals surface area contributed by atoms with E-state index in [9.17, 15) is 9.90 Å². The van der Waals surface area contributed by atoms with E-state index in [1.165, 1.54) is 0 Å². The van der Waals surface area contributed by atoms with Crippen LogP contribution >= 0.6 is 0 Å². The molecule has 2 unspecified atom stereocenters. The Morgan fingerprint density at radius 2 is 1.92 bits per heavy atom. The first-order valence-corrected chi connectivity index (χ1v) is 4.29. The Morgan fingerprint density at radius 1 is 1.33 bits per heavy atom. The van der Waals surface area contributed by atoms with Crippen LogP contribution in [0.4, 0.5) is 0 Å². The fraction of sp³-hybridized carbons (Fsp3) is 0.889. The maximum atomic E-state index is 11.4. The van der Waals surface area contributed by atoms with Crippen molar-refractivity contribution in [3.05, 3.63) is 0 Å². The third-order valence-electron chi connectivity index (χ3n) is 4.03. The van der Waals surface area contributed by atoms with Gasteiger partial charge in [-0.15, -0.1) is 0 Å². The molecule has 1 aliphatic heterocycles. The topological polar surface area (TPSA) is 46.5 Å². The van der Waals surface area contributed by atoms with Gasteiger partial charge in [-0.1, -0.05) is 13.8 Å². The number of aliphatic hydroxyl groups is 1. The van der Waals surface area contributed by atoms with Crippen molar-refractivity contribution in [1.29, 1.82) is 0 Å². The van der Waals surface area contributed by atoms with Gasteiger partial charge in [0, 0.05) is 11.8 Å². The molecular formula is C9H14O3. The molecule has 0 amide bonds. The second-order valence-electron chi connectivity index (χ2n) is 4.63. The van der Waals surface area contributed by atoms with Crippen LogP contribution in [0, 0.1) is 10.8 Å². The first-order valence-electron chi connectivity index (χ1n) is 4.29. The Bertz CT molecular complexity index is 258. The molecule has 3 heteroatoms. The zero-order valence-electron chi connectivity index (χ0n) is 7.68. The van der Waals surface area contributed by atoms with E-state index in [0.29, 0.717) is 6.42 Å². The van der Waals surface area contributed by atoms with Crippen molar-refractivity contribution >= 4 is 5.97 Å². The molecule has 1 aliphatic carbocycles. The van der Waals surface area contributed by atoms with E-state index in [-0.39, 0.29) is 5.97 Å². The van der Waals surface area contributed by atoms with Crippen LogP contribution in [0.25, 0.3) is 0 Å². The van der Waals surface area contributed by atoms with Gasteiger partial charge in [-0.3, -0.25) is 4.79 Å². The van der Waals surface area contributed by atoms with E-state index < -0.39 is 16.6 Å². The molecular weight excluding hydrogens is 156 g/mol. The molecule has 0 aromatic heterocycles. The van der Waals surface area contributed by atoms with Crippen LogP contribution in [-0.2, 0) is 9.53 Å². The fourth-order valence-corrected chi connectivity index (χ4v) is 2.28. The van der Waals surface area contributed by atoms with Gasteiger partial charge in [-0.25, -0.2) is 0 Å². The molecule has 3 nitrogen and oxygen atoms in total. The molecule has 1 saturated carbocycles. The SMILES string of the molecule is CC12CCC(O)(OC1=O)C2(C)C. The Labute approximate surface area is 71.7 Å². The van der Waals surface area contributed by atoms with E-state index in [1.807, 2.05) is 20.8 Å². The Balaban J connectivity index is 2.56. The van der Waals surface area contributed by atoms with Gasteiger partial charge in [0.1, 0.15) is 0 Å². The monoisotopic (exact) mass is 170 g/mol. The Hall–Kier alpha value is -0.570. The molecule has 0 radical (unpaired) electrons. The zero-order valence-corrected chi connectivity index (χ0v) is 7.68. The third kappa shape index (κ3) is 0.534. The van der Waals surface area contributed by atoms with Gasteiger partial charge in [0.2, 0.25) is 5.79 Å². The Morgan fingerprint density at radius 3 is 2.08 bits per heavy atom. The summed E-state index contributed by atoms with van der Waals surface area (Å²) in [5.41, 5.74) is -0.932. The molecule has 68 valence electrons. The number of rotatable bonds is 0. The minimum Gasteiger partial charge on any atom is -0.432 e. The molecule has 2 atom stereocenters. The van der Waals surface area contributed by atoms with Crippen molar-refractivity contribution in [2.24, 2.45) is 10.8 Å². The molecule has 1 saturated heterocycles. The minimum absolute atomic E-state index is 0.249. The van der Waals surface area contributed by atoms with Gasteiger partial charge in [0.25, 0.3) is 0 Å². The number of esters is 1. The summed E-state index contributed by atoms with van der Waals surface area (Å²) >= 11 is 0. The average Bonchev–Trinajstić information content (AvgIpc) is 2.18. The van der Waals surface area contributed by atoms with E-state index >= 15 is 0 Å². The van der Waals surface area contributed by atoms with Crippen LogP contribution in [-0.4, -0.2) is 16.9 Å². The number of hydrogen-bond acceptors (Lipinski definition) is 3. The Kier molecular flexibility index (Phi) is 1.13. The van der Waals surface area contributed by atoms with Crippen molar-refractivity contribution < 1.29 is 14.6 Å². The van der Waals surface area contributed by atoms with Crippen molar-refractivity contribution in [2.45, 2.75) is 39.4 Å². The molecule has 2 bridgehead atoms. The number of ether oxygens (including phenoxy) is 1. The van der Waals surface area contributed by atoms with Crippen molar-refractivity contribution in [3.8, 4) is 0 Å². The minimum atomic E-state index is -1.21. The number of carbonyl (C=O) groups excluding carboxylic acids is 1. The summed E-state index contributed by atoms with van der Waals surface area (Å²) in [6, 6.07) is 0. The summed E-state index contributed by atoms with van der Waals surface area (Å²) in [4.78, 5) is 11.4. The van der Waals surface area contributed by atoms with Gasteiger partial charge in [-0.2, -0.15) is 0 Å². The molecule has 1 heterocycles. The molecule has 0 aromatic rings. The maximum absolute atomic E-state index is 11.4. The molecule has 2 fully saturated rings. The predicted molar refractivity (Wildman–Crippen MR) is 42.2 cm³/mol. The van der Waals surface area contributed by atoms with Gasteiger partial charge in [0.05, 0.1) is 5.41 Å². The molecule has 12 heavy (non-hydrogen) atoms. The smallest absolute Gasteiger partial charge is 0.315 e. The van der Waals surface area contributed by atoms with Crippen LogP contribution in [0.3, 0.4) is 0 Å². The molecule has 0 spiro atoms. The van der Waals surface area contributed by atoms with Gasteiger partial charge in [-0.05, 0) is 13.3 Å². The predicted octanol–water partition coefficient (Wildman–Crippen LogP) is 1.06. The maximum Gasteiger partial charge on any atom is 0.315 e. The van der Waals surface area contributed by atoms with Crippen LogP contribution in [0.5, 0.6) is 0 Å². The summed E-state index contributed by atoms with van der Waals surface area (Å²) in [6.45, 7) is 5.66. The average molecular weight is 170 g/mol. The number of carbonyl (C=O) groups is 1. The summed E-state index contributed by atoms with van der Waals surface area (Å²) in [5, 5.41) is 9.96. The van der Waals surface area contributed by atoms with Crippen molar-refractivity contribution in [3.63, 3.8) is 0 Å². The number of hydrogen-bond donors (Lipinski definition) is 1. The molecule has 2 aliphatic rings. The first-order chi connectivity index (χ1) is 5.33.